The molecular formula is C11H8N4S2. The van der Waals surface area contributed by atoms with Gasteiger partial charge in [0.1, 0.15) is 0 Å². The maximum absolute atomic E-state index is 5.25. The van der Waals surface area contributed by atoms with Crippen LogP contribution in [0.3, 0.4) is 0 Å². The number of aromatic nitrogens is 4. The zero-order valence-electron chi connectivity index (χ0n) is 8.70. The van der Waals surface area contributed by atoms with Crippen molar-refractivity contribution in [3.05, 3.63) is 46.8 Å². The van der Waals surface area contributed by atoms with E-state index in [4.69, 9.17) is 12.2 Å². The monoisotopic (exact) mass is 260 g/mol. The van der Waals surface area contributed by atoms with Crippen LogP contribution in [0.4, 0.5) is 0 Å². The van der Waals surface area contributed by atoms with Crippen molar-refractivity contribution in [1.29, 1.82) is 0 Å². The number of H-pyrrole nitrogens is 1. The topological polar surface area (TPSA) is 46.5 Å². The van der Waals surface area contributed by atoms with Crippen molar-refractivity contribution in [2.75, 3.05) is 0 Å². The largest absolute Gasteiger partial charge is 0.266 e. The Morgan fingerprint density at radius 2 is 2.24 bits per heavy atom. The number of hydrogen-bond donors (Lipinski definition) is 1. The zero-order valence-corrected chi connectivity index (χ0v) is 10.3. The average Bonchev–Trinajstić information content (AvgIpc) is 2.98. The van der Waals surface area contributed by atoms with Crippen molar-refractivity contribution >= 4 is 23.6 Å². The quantitative estimate of drug-likeness (QED) is 0.720. The molecule has 17 heavy (non-hydrogen) atoms. The molecule has 0 radical (unpaired) electrons. The molecule has 0 aliphatic carbocycles. The fourth-order valence-corrected chi connectivity index (χ4v) is 2.53. The Kier molecular flexibility index (Phi) is 2.58. The van der Waals surface area contributed by atoms with E-state index in [0.29, 0.717) is 4.77 Å². The zero-order chi connectivity index (χ0) is 11.7. The van der Waals surface area contributed by atoms with Crippen LogP contribution in [0, 0.1) is 4.77 Å². The van der Waals surface area contributed by atoms with Gasteiger partial charge in [0.05, 0.1) is 16.8 Å². The van der Waals surface area contributed by atoms with Gasteiger partial charge in [-0.25, -0.2) is 0 Å². The van der Waals surface area contributed by atoms with E-state index in [1.165, 1.54) is 0 Å². The third-order valence-electron chi connectivity index (χ3n) is 2.32. The summed E-state index contributed by atoms with van der Waals surface area (Å²) in [7, 11) is 0. The normalized spacial score (nSPS) is 10.6. The minimum atomic E-state index is 0.571. The molecule has 0 aromatic carbocycles. The first-order valence-electron chi connectivity index (χ1n) is 4.98. The summed E-state index contributed by atoms with van der Waals surface area (Å²) in [5.41, 5.74) is 0.912. The number of thiophene rings is 1. The Labute approximate surface area is 107 Å². The predicted octanol–water partition coefficient (Wildman–Crippen LogP) is 3.05. The fraction of sp³-hybridized carbons (Fsp3) is 0. The predicted molar refractivity (Wildman–Crippen MR) is 69.9 cm³/mol. The summed E-state index contributed by atoms with van der Waals surface area (Å²) in [5, 5.41) is 9.10. The van der Waals surface area contributed by atoms with Gasteiger partial charge in [-0.3, -0.25) is 14.6 Å². The Morgan fingerprint density at radius 1 is 1.29 bits per heavy atom. The highest BCUT2D eigenvalue weighted by molar-refractivity contribution is 7.71. The molecule has 4 nitrogen and oxygen atoms in total. The maximum atomic E-state index is 5.25. The van der Waals surface area contributed by atoms with E-state index in [2.05, 4.69) is 15.2 Å². The highest BCUT2D eigenvalue weighted by Gasteiger charge is 2.10. The molecule has 6 heteroatoms. The van der Waals surface area contributed by atoms with Gasteiger partial charge in [-0.2, -0.15) is 5.10 Å². The Balaban J connectivity index is 2.24. The van der Waals surface area contributed by atoms with E-state index in [1.807, 2.05) is 34.2 Å². The van der Waals surface area contributed by atoms with Gasteiger partial charge in [0, 0.05) is 6.20 Å². The third-order valence-corrected chi connectivity index (χ3v) is 3.46. The summed E-state index contributed by atoms with van der Waals surface area (Å²) in [4.78, 5) is 5.17. The van der Waals surface area contributed by atoms with Crippen LogP contribution in [-0.2, 0) is 0 Å². The van der Waals surface area contributed by atoms with Crippen LogP contribution in [0.2, 0.25) is 0 Å². The molecule has 3 aromatic rings. The molecule has 0 fully saturated rings. The molecule has 84 valence electrons. The first-order chi connectivity index (χ1) is 8.36. The van der Waals surface area contributed by atoms with Crippen LogP contribution < -0.4 is 0 Å². The molecule has 0 saturated heterocycles. The summed E-state index contributed by atoms with van der Waals surface area (Å²) >= 11 is 6.88. The van der Waals surface area contributed by atoms with Crippen LogP contribution in [-0.4, -0.2) is 19.7 Å². The van der Waals surface area contributed by atoms with Crippen molar-refractivity contribution in [3.8, 4) is 16.4 Å². The van der Waals surface area contributed by atoms with Crippen LogP contribution in [0.25, 0.3) is 16.4 Å². The van der Waals surface area contributed by atoms with E-state index in [-0.39, 0.29) is 0 Å². The van der Waals surface area contributed by atoms with Crippen LogP contribution in [0.5, 0.6) is 0 Å². The number of nitrogens with one attached hydrogen (secondary N) is 1. The first-order valence-corrected chi connectivity index (χ1v) is 6.27. The second-order valence-electron chi connectivity index (χ2n) is 3.38. The lowest BCUT2D eigenvalue weighted by Gasteiger charge is -2.03. The Morgan fingerprint density at radius 3 is 2.94 bits per heavy atom. The SMILES string of the molecule is S=c1[nH]nc(-c2cccs2)n1-c1cccnc1. The van der Waals surface area contributed by atoms with Gasteiger partial charge < -0.3 is 0 Å². The molecule has 0 amide bonds. The smallest absolute Gasteiger partial charge is 0.200 e. The molecule has 0 spiro atoms. The number of nitrogens with zero attached hydrogens (tertiary/aromatic N) is 3. The minimum Gasteiger partial charge on any atom is -0.266 e. The van der Waals surface area contributed by atoms with E-state index in [1.54, 1.807) is 23.7 Å². The summed E-state index contributed by atoms with van der Waals surface area (Å²) in [6.45, 7) is 0. The lowest BCUT2D eigenvalue weighted by Crippen LogP contribution is -1.96. The van der Waals surface area contributed by atoms with Crippen LogP contribution in [0.15, 0.2) is 42.0 Å². The lowest BCUT2D eigenvalue weighted by molar-refractivity contribution is 1.02. The Bertz CT molecular complexity index is 667. The molecule has 0 aliphatic heterocycles. The van der Waals surface area contributed by atoms with Crippen LogP contribution in [0.1, 0.15) is 0 Å². The van der Waals surface area contributed by atoms with Crippen molar-refractivity contribution in [2.24, 2.45) is 0 Å². The van der Waals surface area contributed by atoms with Crippen molar-refractivity contribution in [3.63, 3.8) is 0 Å². The number of rotatable bonds is 2. The second-order valence-corrected chi connectivity index (χ2v) is 4.71. The molecular weight excluding hydrogens is 252 g/mol. The molecule has 0 saturated carbocycles. The van der Waals surface area contributed by atoms with Crippen LogP contribution >= 0.6 is 23.6 Å². The number of aromatic amines is 1. The molecule has 0 bridgehead atoms. The van der Waals surface area contributed by atoms with Gasteiger partial charge in [-0.1, -0.05) is 6.07 Å². The molecule has 3 heterocycles. The van der Waals surface area contributed by atoms with E-state index >= 15 is 0 Å². The minimum absolute atomic E-state index is 0.571. The van der Waals surface area contributed by atoms with Gasteiger partial charge in [0.15, 0.2) is 10.6 Å². The highest BCUT2D eigenvalue weighted by atomic mass is 32.1. The molecule has 0 atom stereocenters. The van der Waals surface area contributed by atoms with Gasteiger partial charge in [-0.05, 0) is 35.8 Å². The van der Waals surface area contributed by atoms with Gasteiger partial charge >= 0.3 is 0 Å². The summed E-state index contributed by atoms with van der Waals surface area (Å²) < 4.78 is 2.45. The van der Waals surface area contributed by atoms with Gasteiger partial charge in [0.25, 0.3) is 0 Å². The lowest BCUT2D eigenvalue weighted by atomic mass is 10.4. The molecule has 0 aliphatic rings. The summed E-state index contributed by atoms with van der Waals surface area (Å²) in [5.74, 6) is 0.818. The second kappa shape index (κ2) is 4.23. The number of hydrogen-bond acceptors (Lipinski definition) is 4. The molecule has 1 N–H and O–H groups in total. The molecule has 3 aromatic heterocycles. The highest BCUT2D eigenvalue weighted by Crippen LogP contribution is 2.24. The first kappa shape index (κ1) is 10.4. The number of pyridine rings is 1. The van der Waals surface area contributed by atoms with E-state index in [0.717, 1.165) is 16.4 Å². The summed E-state index contributed by atoms with van der Waals surface area (Å²) in [6, 6.07) is 7.84. The maximum Gasteiger partial charge on any atom is 0.200 e. The average molecular weight is 260 g/mol. The van der Waals surface area contributed by atoms with Crippen molar-refractivity contribution in [1.82, 2.24) is 19.7 Å². The van der Waals surface area contributed by atoms with Crippen molar-refractivity contribution in [2.45, 2.75) is 0 Å². The van der Waals surface area contributed by atoms with E-state index in [9.17, 15) is 0 Å². The van der Waals surface area contributed by atoms with Gasteiger partial charge in [0.2, 0.25) is 0 Å². The summed E-state index contributed by atoms with van der Waals surface area (Å²) in [6.07, 6.45) is 3.50. The van der Waals surface area contributed by atoms with E-state index < -0.39 is 0 Å². The Hall–Kier alpha value is -1.79. The molecule has 0 unspecified atom stereocenters. The standard InChI is InChI=1S/C11H8N4S2/c16-11-14-13-10(9-4-2-6-17-9)15(11)8-3-1-5-12-7-8/h1-7H,(H,14,16). The van der Waals surface area contributed by atoms with Crippen molar-refractivity contribution < 1.29 is 0 Å². The fourth-order valence-electron chi connectivity index (χ4n) is 1.59. The third kappa shape index (κ3) is 1.81. The molecule has 3 rings (SSSR count). The van der Waals surface area contributed by atoms with Gasteiger partial charge in [-0.15, -0.1) is 11.3 Å².